The van der Waals surface area contributed by atoms with Gasteiger partial charge in [-0.25, -0.2) is 0 Å². The molecule has 128 valence electrons. The van der Waals surface area contributed by atoms with Gasteiger partial charge in [0.1, 0.15) is 0 Å². The molecule has 3 N–H and O–H groups in total. The number of hydrogen-bond acceptors (Lipinski definition) is 4. The molecule has 0 bridgehead atoms. The van der Waals surface area contributed by atoms with Crippen LogP contribution in [0.1, 0.15) is 31.7 Å². The van der Waals surface area contributed by atoms with E-state index in [1.165, 1.54) is 6.21 Å². The van der Waals surface area contributed by atoms with Gasteiger partial charge >= 0.3 is 0 Å². The molecule has 0 aliphatic heterocycles. The summed E-state index contributed by atoms with van der Waals surface area (Å²) in [6.45, 7) is 1.94. The number of Topliss-reactive ketones (excluding diaryl/α,β-unsaturated/α-hetero) is 1. The van der Waals surface area contributed by atoms with Crippen molar-refractivity contribution in [2.24, 2.45) is 11.1 Å². The Morgan fingerprint density at radius 3 is 2.92 bits per heavy atom. The SMILES string of the molecule is CCC(/C=N/O)CC(=O)NCC(=O)CCc1c[nH]c2ccccc12. The summed E-state index contributed by atoms with van der Waals surface area (Å²) in [7, 11) is 0. The number of amides is 1. The number of para-hydroxylation sites is 1. The molecule has 0 fully saturated rings. The Labute approximate surface area is 140 Å². The lowest BCUT2D eigenvalue weighted by Crippen LogP contribution is -2.31. The van der Waals surface area contributed by atoms with E-state index in [4.69, 9.17) is 5.21 Å². The fourth-order valence-corrected chi connectivity index (χ4v) is 2.61. The number of aromatic amines is 1. The standard InChI is InChI=1S/C18H23N3O3/c1-2-13(10-21-24)9-18(23)20-12-15(22)8-7-14-11-19-17-6-4-3-5-16(14)17/h3-6,10-11,13,19,24H,2,7-9,12H2,1H3,(H,20,23)/b21-10+. The minimum absolute atomic E-state index is 0.00231. The molecule has 6 nitrogen and oxygen atoms in total. The molecule has 0 radical (unpaired) electrons. The molecule has 1 heterocycles. The van der Waals surface area contributed by atoms with Crippen LogP contribution in [-0.4, -0.2) is 34.6 Å². The van der Waals surface area contributed by atoms with Gasteiger partial charge in [0.25, 0.3) is 0 Å². The second kappa shape index (κ2) is 8.86. The number of rotatable bonds is 9. The van der Waals surface area contributed by atoms with Crippen LogP contribution in [0.2, 0.25) is 0 Å². The maximum atomic E-state index is 12.0. The van der Waals surface area contributed by atoms with Gasteiger partial charge in [-0.05, 0) is 24.5 Å². The monoisotopic (exact) mass is 329 g/mol. The number of fused-ring (bicyclic) bond motifs is 1. The van der Waals surface area contributed by atoms with Gasteiger partial charge in [0.05, 0.1) is 6.54 Å². The molecular weight excluding hydrogens is 306 g/mol. The Bertz CT molecular complexity index is 721. The van der Waals surface area contributed by atoms with Gasteiger partial charge in [-0.15, -0.1) is 5.16 Å². The van der Waals surface area contributed by atoms with Crippen molar-refractivity contribution in [3.63, 3.8) is 0 Å². The minimum atomic E-state index is -0.206. The third-order valence-corrected chi connectivity index (χ3v) is 4.08. The van der Waals surface area contributed by atoms with E-state index in [1.54, 1.807) is 0 Å². The largest absolute Gasteiger partial charge is 0.411 e. The molecule has 1 amide bonds. The number of oxime groups is 1. The summed E-state index contributed by atoms with van der Waals surface area (Å²) in [6, 6.07) is 7.97. The van der Waals surface area contributed by atoms with Crippen molar-refractivity contribution in [1.82, 2.24) is 10.3 Å². The Hall–Kier alpha value is -2.63. The maximum absolute atomic E-state index is 12.0. The molecule has 1 aromatic carbocycles. The molecule has 1 aromatic heterocycles. The van der Waals surface area contributed by atoms with E-state index in [1.807, 2.05) is 37.4 Å². The summed E-state index contributed by atoms with van der Waals surface area (Å²) >= 11 is 0. The highest BCUT2D eigenvalue weighted by molar-refractivity contribution is 5.88. The summed E-state index contributed by atoms with van der Waals surface area (Å²) in [5.41, 5.74) is 2.17. The first-order valence-electron chi connectivity index (χ1n) is 8.15. The van der Waals surface area contributed by atoms with Crippen LogP contribution in [0.4, 0.5) is 0 Å². The molecule has 2 rings (SSSR count). The van der Waals surface area contributed by atoms with Crippen molar-refractivity contribution in [2.75, 3.05) is 6.54 Å². The Morgan fingerprint density at radius 2 is 2.17 bits per heavy atom. The summed E-state index contributed by atoms with van der Waals surface area (Å²) in [5.74, 6) is -0.323. The molecule has 0 spiro atoms. The zero-order valence-electron chi connectivity index (χ0n) is 13.8. The first kappa shape index (κ1) is 17.7. The highest BCUT2D eigenvalue weighted by Crippen LogP contribution is 2.18. The number of nitrogens with zero attached hydrogens (tertiary/aromatic N) is 1. The van der Waals surface area contributed by atoms with Gasteiger partial charge < -0.3 is 15.5 Å². The number of carbonyl (C=O) groups is 2. The van der Waals surface area contributed by atoms with Crippen molar-refractivity contribution in [3.8, 4) is 0 Å². The molecule has 1 atom stereocenters. The molecule has 0 saturated heterocycles. The lowest BCUT2D eigenvalue weighted by Gasteiger charge is -2.09. The summed E-state index contributed by atoms with van der Waals surface area (Å²) in [4.78, 5) is 26.9. The zero-order valence-corrected chi connectivity index (χ0v) is 13.8. The number of benzene rings is 1. The smallest absolute Gasteiger partial charge is 0.221 e. The predicted molar refractivity (Wildman–Crippen MR) is 93.3 cm³/mol. The van der Waals surface area contributed by atoms with Crippen LogP contribution in [0.15, 0.2) is 35.6 Å². The lowest BCUT2D eigenvalue weighted by atomic mass is 10.0. The minimum Gasteiger partial charge on any atom is -0.411 e. The van der Waals surface area contributed by atoms with Crippen molar-refractivity contribution in [2.45, 2.75) is 32.6 Å². The number of hydrogen-bond donors (Lipinski definition) is 3. The van der Waals surface area contributed by atoms with Gasteiger partial charge in [-0.1, -0.05) is 25.1 Å². The van der Waals surface area contributed by atoms with Crippen LogP contribution in [0.25, 0.3) is 10.9 Å². The summed E-state index contributed by atoms with van der Waals surface area (Å²) in [6.07, 6.45) is 5.22. The van der Waals surface area contributed by atoms with Gasteiger partial charge in [0, 0.05) is 42.1 Å². The number of carbonyl (C=O) groups excluding carboxylic acids is 2. The van der Waals surface area contributed by atoms with E-state index in [2.05, 4.69) is 15.5 Å². The Kier molecular flexibility index (Phi) is 6.54. The van der Waals surface area contributed by atoms with E-state index >= 15 is 0 Å². The zero-order chi connectivity index (χ0) is 17.4. The summed E-state index contributed by atoms with van der Waals surface area (Å²) in [5, 5.41) is 15.2. The van der Waals surface area contributed by atoms with Crippen molar-refractivity contribution in [1.29, 1.82) is 0 Å². The molecule has 0 saturated carbocycles. The van der Waals surface area contributed by atoms with Crippen LogP contribution in [0.5, 0.6) is 0 Å². The number of aromatic nitrogens is 1. The van der Waals surface area contributed by atoms with Crippen LogP contribution in [-0.2, 0) is 16.0 Å². The highest BCUT2D eigenvalue weighted by atomic mass is 16.4. The first-order valence-corrected chi connectivity index (χ1v) is 8.15. The second-order valence-electron chi connectivity index (χ2n) is 5.81. The van der Waals surface area contributed by atoms with Crippen LogP contribution in [0.3, 0.4) is 0 Å². The van der Waals surface area contributed by atoms with E-state index in [-0.39, 0.29) is 30.6 Å². The van der Waals surface area contributed by atoms with E-state index in [0.717, 1.165) is 16.5 Å². The van der Waals surface area contributed by atoms with Gasteiger partial charge in [-0.3, -0.25) is 9.59 Å². The average Bonchev–Trinajstić information content (AvgIpc) is 3.01. The van der Waals surface area contributed by atoms with Crippen molar-refractivity contribution in [3.05, 3.63) is 36.0 Å². The maximum Gasteiger partial charge on any atom is 0.221 e. The molecule has 0 aliphatic rings. The second-order valence-corrected chi connectivity index (χ2v) is 5.81. The van der Waals surface area contributed by atoms with Gasteiger partial charge in [0.2, 0.25) is 5.91 Å². The van der Waals surface area contributed by atoms with E-state index < -0.39 is 0 Å². The molecular formula is C18H23N3O3. The molecule has 2 aromatic rings. The number of aryl methyl sites for hydroxylation is 1. The number of H-pyrrole nitrogens is 1. The average molecular weight is 329 g/mol. The Balaban J connectivity index is 1.76. The normalized spacial score (nSPS) is 12.5. The third kappa shape index (κ3) is 4.94. The topological polar surface area (TPSA) is 94.6 Å². The Morgan fingerprint density at radius 1 is 1.38 bits per heavy atom. The quantitative estimate of drug-likeness (QED) is 0.375. The highest BCUT2D eigenvalue weighted by Gasteiger charge is 2.12. The third-order valence-electron chi connectivity index (χ3n) is 4.08. The number of ketones is 1. The van der Waals surface area contributed by atoms with Gasteiger partial charge in [-0.2, -0.15) is 0 Å². The fourth-order valence-electron chi connectivity index (χ4n) is 2.61. The van der Waals surface area contributed by atoms with E-state index in [0.29, 0.717) is 19.3 Å². The van der Waals surface area contributed by atoms with Crippen LogP contribution in [0, 0.1) is 5.92 Å². The summed E-state index contributed by atoms with van der Waals surface area (Å²) < 4.78 is 0. The van der Waals surface area contributed by atoms with Gasteiger partial charge in [0.15, 0.2) is 5.78 Å². The molecule has 0 aliphatic carbocycles. The first-order chi connectivity index (χ1) is 11.6. The number of nitrogens with one attached hydrogen (secondary N) is 2. The van der Waals surface area contributed by atoms with Crippen molar-refractivity contribution < 1.29 is 14.8 Å². The lowest BCUT2D eigenvalue weighted by molar-refractivity contribution is -0.125. The molecule has 24 heavy (non-hydrogen) atoms. The molecule has 6 heteroatoms. The molecule has 1 unspecified atom stereocenters. The van der Waals surface area contributed by atoms with E-state index in [9.17, 15) is 9.59 Å². The van der Waals surface area contributed by atoms with Crippen molar-refractivity contribution >= 4 is 28.8 Å². The van der Waals surface area contributed by atoms with Crippen LogP contribution >= 0.6 is 0 Å². The van der Waals surface area contributed by atoms with Crippen LogP contribution < -0.4 is 5.32 Å². The fraction of sp³-hybridized carbons (Fsp3) is 0.389. The predicted octanol–water partition coefficient (Wildman–Crippen LogP) is 2.66.